The first-order chi connectivity index (χ1) is 18.9. The van der Waals surface area contributed by atoms with Gasteiger partial charge in [-0.15, -0.1) is 0 Å². The third kappa shape index (κ3) is 7.32. The molecule has 0 spiro atoms. The van der Waals surface area contributed by atoms with E-state index in [-0.39, 0.29) is 25.3 Å². The number of benzene rings is 3. The molecule has 10 nitrogen and oxygen atoms in total. The quantitative estimate of drug-likeness (QED) is 0.334. The summed E-state index contributed by atoms with van der Waals surface area (Å²) in [6.45, 7) is 6.52. The van der Waals surface area contributed by atoms with E-state index in [0.29, 0.717) is 54.7 Å². The molecule has 1 heterocycles. The van der Waals surface area contributed by atoms with Crippen LogP contribution in [0.15, 0.2) is 60.7 Å². The van der Waals surface area contributed by atoms with Gasteiger partial charge in [-0.25, -0.2) is 9.59 Å². The maximum atomic E-state index is 12.9. The number of aliphatic hydroxyl groups is 1. The van der Waals surface area contributed by atoms with Crippen LogP contribution in [0.1, 0.15) is 11.1 Å². The van der Waals surface area contributed by atoms with Crippen LogP contribution in [0.2, 0.25) is 0 Å². The lowest BCUT2D eigenvalue weighted by Crippen LogP contribution is -2.50. The Morgan fingerprint density at radius 2 is 1.62 bits per heavy atom. The smallest absolute Gasteiger partial charge is 0.323 e. The number of urea groups is 2. The zero-order chi connectivity index (χ0) is 27.8. The van der Waals surface area contributed by atoms with E-state index < -0.39 is 0 Å². The number of aryl methyl sites for hydroxylation is 2. The SMILES string of the molecule is COc1ccc(C)cc1NC(=O)Nc1ccc(N2CCN(C(=O)Nc3cc(OCCO)ccc3C)CC2)cc1. The number of carbonyl (C=O) groups excluding carboxylic acids is 2. The maximum absolute atomic E-state index is 12.9. The summed E-state index contributed by atoms with van der Waals surface area (Å²) in [7, 11) is 1.56. The number of methoxy groups -OCH3 is 1. The number of aliphatic hydroxyl groups excluding tert-OH is 1. The van der Waals surface area contributed by atoms with Crippen molar-refractivity contribution >= 4 is 34.8 Å². The monoisotopic (exact) mass is 533 g/mol. The van der Waals surface area contributed by atoms with Gasteiger partial charge in [-0.3, -0.25) is 0 Å². The molecular weight excluding hydrogens is 498 g/mol. The summed E-state index contributed by atoms with van der Waals surface area (Å²) >= 11 is 0. The summed E-state index contributed by atoms with van der Waals surface area (Å²) in [5, 5.41) is 17.6. The molecule has 1 aliphatic heterocycles. The number of ether oxygens (including phenoxy) is 2. The highest BCUT2D eigenvalue weighted by Crippen LogP contribution is 2.26. The van der Waals surface area contributed by atoms with Gasteiger partial charge in [0.25, 0.3) is 0 Å². The molecule has 0 aromatic heterocycles. The van der Waals surface area contributed by atoms with Crippen LogP contribution in [-0.4, -0.2) is 68.6 Å². The van der Waals surface area contributed by atoms with Crippen molar-refractivity contribution in [1.82, 2.24) is 4.90 Å². The fourth-order valence-electron chi connectivity index (χ4n) is 4.31. The number of nitrogens with one attached hydrogen (secondary N) is 3. The second-order valence-corrected chi connectivity index (χ2v) is 9.28. The summed E-state index contributed by atoms with van der Waals surface area (Å²) in [5.41, 5.74) is 4.92. The molecule has 3 aromatic rings. The summed E-state index contributed by atoms with van der Waals surface area (Å²) in [6.07, 6.45) is 0. The maximum Gasteiger partial charge on any atom is 0.323 e. The molecule has 0 radical (unpaired) electrons. The lowest BCUT2D eigenvalue weighted by molar-refractivity contribution is 0.201. The first kappa shape index (κ1) is 27.6. The molecular formula is C29H35N5O5. The molecule has 1 saturated heterocycles. The van der Waals surface area contributed by atoms with Gasteiger partial charge in [0.1, 0.15) is 18.1 Å². The predicted molar refractivity (Wildman–Crippen MR) is 153 cm³/mol. The molecule has 0 saturated carbocycles. The van der Waals surface area contributed by atoms with Gasteiger partial charge in [0.2, 0.25) is 0 Å². The van der Waals surface area contributed by atoms with Crippen LogP contribution < -0.4 is 30.3 Å². The van der Waals surface area contributed by atoms with Gasteiger partial charge in [-0.05, 0) is 67.4 Å². The molecule has 4 amide bonds. The summed E-state index contributed by atoms with van der Waals surface area (Å²) in [5.74, 6) is 1.19. The van der Waals surface area contributed by atoms with Gasteiger partial charge in [-0.2, -0.15) is 0 Å². The lowest BCUT2D eigenvalue weighted by atomic mass is 10.2. The predicted octanol–water partition coefficient (Wildman–Crippen LogP) is 4.68. The van der Waals surface area contributed by atoms with E-state index in [1.165, 1.54) is 0 Å². The topological polar surface area (TPSA) is 115 Å². The largest absolute Gasteiger partial charge is 0.495 e. The molecule has 1 fully saturated rings. The minimum atomic E-state index is -0.355. The zero-order valence-corrected chi connectivity index (χ0v) is 22.5. The second kappa shape index (κ2) is 12.9. The minimum absolute atomic E-state index is 0.0714. The Labute approximate surface area is 228 Å². The van der Waals surface area contributed by atoms with E-state index in [2.05, 4.69) is 20.9 Å². The van der Waals surface area contributed by atoms with E-state index in [4.69, 9.17) is 14.6 Å². The Hall–Kier alpha value is -4.44. The number of rotatable bonds is 8. The van der Waals surface area contributed by atoms with Crippen LogP contribution >= 0.6 is 0 Å². The molecule has 0 atom stereocenters. The zero-order valence-electron chi connectivity index (χ0n) is 22.5. The van der Waals surface area contributed by atoms with Crippen molar-refractivity contribution in [2.24, 2.45) is 0 Å². The fourth-order valence-corrected chi connectivity index (χ4v) is 4.31. The average Bonchev–Trinajstić information content (AvgIpc) is 2.94. The number of piperazine rings is 1. The Kier molecular flexibility index (Phi) is 9.11. The third-order valence-corrected chi connectivity index (χ3v) is 6.47. The van der Waals surface area contributed by atoms with Gasteiger partial charge in [0, 0.05) is 49.3 Å². The van der Waals surface area contributed by atoms with Crippen LogP contribution in [0.4, 0.5) is 32.3 Å². The molecule has 0 unspecified atom stereocenters. The van der Waals surface area contributed by atoms with Crippen molar-refractivity contribution in [2.75, 3.05) is 67.4 Å². The van der Waals surface area contributed by atoms with E-state index in [1.54, 1.807) is 18.1 Å². The molecule has 0 aliphatic carbocycles. The van der Waals surface area contributed by atoms with Crippen molar-refractivity contribution in [2.45, 2.75) is 13.8 Å². The van der Waals surface area contributed by atoms with Gasteiger partial charge < -0.3 is 40.3 Å². The minimum Gasteiger partial charge on any atom is -0.495 e. The molecule has 206 valence electrons. The first-order valence-electron chi connectivity index (χ1n) is 12.8. The summed E-state index contributed by atoms with van der Waals surface area (Å²) in [6, 6.07) is 18.2. The summed E-state index contributed by atoms with van der Waals surface area (Å²) in [4.78, 5) is 29.4. The van der Waals surface area contributed by atoms with Gasteiger partial charge in [0.05, 0.1) is 19.4 Å². The van der Waals surface area contributed by atoms with Crippen molar-refractivity contribution in [3.63, 3.8) is 0 Å². The van der Waals surface area contributed by atoms with E-state index in [9.17, 15) is 9.59 Å². The molecule has 39 heavy (non-hydrogen) atoms. The normalized spacial score (nSPS) is 13.0. The highest BCUT2D eigenvalue weighted by Gasteiger charge is 2.22. The van der Waals surface area contributed by atoms with Crippen molar-refractivity contribution in [3.8, 4) is 11.5 Å². The second-order valence-electron chi connectivity index (χ2n) is 9.28. The van der Waals surface area contributed by atoms with Gasteiger partial charge >= 0.3 is 12.1 Å². The Bertz CT molecular complexity index is 1290. The molecule has 10 heteroatoms. The van der Waals surface area contributed by atoms with Crippen LogP contribution in [0.25, 0.3) is 0 Å². The van der Waals surface area contributed by atoms with Crippen molar-refractivity contribution in [3.05, 3.63) is 71.8 Å². The molecule has 1 aliphatic rings. The number of carbonyl (C=O) groups is 2. The molecule has 3 aromatic carbocycles. The number of amides is 4. The fraction of sp³-hybridized carbons (Fsp3) is 0.310. The van der Waals surface area contributed by atoms with Crippen molar-refractivity contribution < 1.29 is 24.2 Å². The van der Waals surface area contributed by atoms with E-state index >= 15 is 0 Å². The van der Waals surface area contributed by atoms with Gasteiger partial charge in [-0.1, -0.05) is 12.1 Å². The highest BCUT2D eigenvalue weighted by molar-refractivity contribution is 6.00. The van der Waals surface area contributed by atoms with Crippen LogP contribution in [0, 0.1) is 13.8 Å². The Morgan fingerprint density at radius 3 is 2.31 bits per heavy atom. The van der Waals surface area contributed by atoms with E-state index in [1.807, 2.05) is 68.4 Å². The third-order valence-electron chi connectivity index (χ3n) is 6.47. The van der Waals surface area contributed by atoms with Crippen LogP contribution in [0.5, 0.6) is 11.5 Å². The van der Waals surface area contributed by atoms with Crippen LogP contribution in [-0.2, 0) is 0 Å². The Balaban J connectivity index is 1.28. The van der Waals surface area contributed by atoms with E-state index in [0.717, 1.165) is 16.8 Å². The Morgan fingerprint density at radius 1 is 0.872 bits per heavy atom. The lowest BCUT2D eigenvalue weighted by Gasteiger charge is -2.36. The number of hydrogen-bond acceptors (Lipinski definition) is 6. The molecule has 4 N–H and O–H groups in total. The van der Waals surface area contributed by atoms with Gasteiger partial charge in [0.15, 0.2) is 0 Å². The standard InChI is InChI=1S/C29H35N5O5/c1-20-4-11-27(38-3)26(18-20)31-28(36)30-22-6-8-23(9-7-22)33-12-14-34(15-13-33)29(37)32-25-19-24(39-17-16-35)10-5-21(25)2/h4-11,18-19,35H,12-17H2,1-3H3,(H,32,37)(H2,30,31,36). The average molecular weight is 534 g/mol. The first-order valence-corrected chi connectivity index (χ1v) is 12.8. The number of anilines is 4. The summed E-state index contributed by atoms with van der Waals surface area (Å²) < 4.78 is 10.8. The van der Waals surface area contributed by atoms with Crippen molar-refractivity contribution in [1.29, 1.82) is 0 Å². The number of hydrogen-bond donors (Lipinski definition) is 4. The van der Waals surface area contributed by atoms with Crippen LogP contribution in [0.3, 0.4) is 0 Å². The highest BCUT2D eigenvalue weighted by atomic mass is 16.5. The molecule has 0 bridgehead atoms. The number of nitrogens with zero attached hydrogens (tertiary/aromatic N) is 2. The molecule has 4 rings (SSSR count).